The van der Waals surface area contributed by atoms with Crippen LogP contribution in [0.1, 0.15) is 52.5 Å². The molecule has 9 N–H and O–H groups in total. The molecule has 1 rings (SSSR count). The van der Waals surface area contributed by atoms with Crippen molar-refractivity contribution < 1.29 is 52.2 Å². The largest absolute Gasteiger partial charge is 0.508 e. The minimum atomic E-state index is -5.19. The van der Waals surface area contributed by atoms with Crippen LogP contribution in [0.5, 0.6) is 5.75 Å². The molecule has 258 valence electrons. The second-order valence-corrected chi connectivity index (χ2v) is 11.0. The Balaban J connectivity index is 3.23. The van der Waals surface area contributed by atoms with Crippen LogP contribution in [0, 0.1) is 5.92 Å². The van der Waals surface area contributed by atoms with Crippen LogP contribution in [-0.4, -0.2) is 95.1 Å². The molecule has 0 bridgehead atoms. The number of carbonyl (C=O) groups is 6. The summed E-state index contributed by atoms with van der Waals surface area (Å²) in [6.07, 6.45) is -4.64. The number of Topliss-reactive ketones (excluding diaryl/α,β-unsaturated/α-hetero) is 1. The average molecular weight is 661 g/mol. The van der Waals surface area contributed by atoms with Gasteiger partial charge in [0.1, 0.15) is 29.9 Å². The van der Waals surface area contributed by atoms with Gasteiger partial charge in [-0.3, -0.25) is 28.8 Å². The van der Waals surface area contributed by atoms with Crippen molar-refractivity contribution >= 4 is 35.3 Å². The SMILES string of the molecule is CC(=O)N[C@@H](CO)C(=O)N[C@@H](Cc1ccc(O)cc1)C(=O)N[C@H](C(=O)N[C@@H](CCCCN)C(=O)N[C@@H](C)C(=O)C(F)(F)F)C(C)C. The summed E-state index contributed by atoms with van der Waals surface area (Å²) >= 11 is 0. The number of aliphatic hydroxyl groups is 1. The van der Waals surface area contributed by atoms with Gasteiger partial charge in [-0.2, -0.15) is 13.2 Å². The molecule has 17 heteroatoms. The minimum Gasteiger partial charge on any atom is -0.508 e. The van der Waals surface area contributed by atoms with Gasteiger partial charge in [-0.05, 0) is 56.3 Å². The van der Waals surface area contributed by atoms with Crippen LogP contribution >= 0.6 is 0 Å². The van der Waals surface area contributed by atoms with E-state index in [0.717, 1.165) is 13.8 Å². The zero-order valence-corrected chi connectivity index (χ0v) is 26.1. The Bertz CT molecular complexity index is 1210. The first-order chi connectivity index (χ1) is 21.4. The quantitative estimate of drug-likeness (QED) is 0.0931. The normalized spacial score (nSPS) is 14.7. The summed E-state index contributed by atoms with van der Waals surface area (Å²) in [4.78, 5) is 75.6. The van der Waals surface area contributed by atoms with Crippen LogP contribution in [0.25, 0.3) is 0 Å². The lowest BCUT2D eigenvalue weighted by Gasteiger charge is -2.28. The van der Waals surface area contributed by atoms with E-state index in [2.05, 4.69) is 21.3 Å². The van der Waals surface area contributed by atoms with Gasteiger partial charge in [-0.15, -0.1) is 0 Å². The molecule has 5 atom stereocenters. The average Bonchev–Trinajstić information content (AvgIpc) is 2.97. The first-order valence-electron chi connectivity index (χ1n) is 14.6. The third kappa shape index (κ3) is 13.4. The molecule has 0 aliphatic carbocycles. The molecule has 1 aromatic carbocycles. The molecule has 0 spiro atoms. The van der Waals surface area contributed by atoms with Gasteiger partial charge in [0, 0.05) is 13.3 Å². The van der Waals surface area contributed by atoms with Crippen molar-refractivity contribution in [2.24, 2.45) is 11.7 Å². The molecular formula is C29H43F3N6O8. The monoisotopic (exact) mass is 660 g/mol. The fourth-order valence-electron chi connectivity index (χ4n) is 4.23. The van der Waals surface area contributed by atoms with Crippen molar-refractivity contribution in [2.75, 3.05) is 13.2 Å². The first kappa shape index (κ1) is 39.8. The predicted molar refractivity (Wildman–Crippen MR) is 159 cm³/mol. The number of aliphatic hydroxyl groups excluding tert-OH is 1. The van der Waals surface area contributed by atoms with Crippen molar-refractivity contribution in [3.05, 3.63) is 29.8 Å². The van der Waals surface area contributed by atoms with Crippen LogP contribution in [0.2, 0.25) is 0 Å². The number of hydrogen-bond donors (Lipinski definition) is 8. The van der Waals surface area contributed by atoms with Crippen molar-refractivity contribution in [3.63, 3.8) is 0 Å². The highest BCUT2D eigenvalue weighted by molar-refractivity contribution is 5.97. The number of phenols is 1. The van der Waals surface area contributed by atoms with E-state index in [9.17, 15) is 52.2 Å². The minimum absolute atomic E-state index is 0.0360. The Morgan fingerprint density at radius 1 is 0.783 bits per heavy atom. The van der Waals surface area contributed by atoms with Gasteiger partial charge < -0.3 is 42.5 Å². The molecule has 0 aliphatic heterocycles. The molecule has 0 unspecified atom stereocenters. The van der Waals surface area contributed by atoms with E-state index < -0.39 is 84.2 Å². The second-order valence-electron chi connectivity index (χ2n) is 11.0. The van der Waals surface area contributed by atoms with Gasteiger partial charge in [0.2, 0.25) is 29.5 Å². The number of nitrogens with one attached hydrogen (secondary N) is 5. The van der Waals surface area contributed by atoms with E-state index in [4.69, 9.17) is 5.73 Å². The molecule has 0 fully saturated rings. The number of alkyl halides is 3. The second kappa shape index (κ2) is 18.7. The molecule has 0 heterocycles. The summed E-state index contributed by atoms with van der Waals surface area (Å²) in [6.45, 7) is 4.59. The van der Waals surface area contributed by atoms with Crippen LogP contribution in [0.4, 0.5) is 13.2 Å². The standard InChI is InChI=1S/C29H43F3N6O8/c1-15(2)23(28(46)36-20(7-5-6-12-33)25(43)34-16(3)24(42)29(30,31)32)38-26(44)21(13-18-8-10-19(41)11-9-18)37-27(45)22(14-39)35-17(4)40/h8-11,15-16,20-23,39,41H,5-7,12-14,33H2,1-4H3,(H,34,43)(H,35,40)(H,36,46)(H,37,45)(H,38,44)/t16-,20-,21-,22-,23-/m0/s1. The maximum Gasteiger partial charge on any atom is 0.452 e. The maximum absolute atomic E-state index is 13.5. The summed E-state index contributed by atoms with van der Waals surface area (Å²) in [5, 5.41) is 30.8. The Morgan fingerprint density at radius 2 is 1.33 bits per heavy atom. The number of hydrogen-bond acceptors (Lipinski definition) is 9. The summed E-state index contributed by atoms with van der Waals surface area (Å²) in [5.74, 6) is -7.13. The smallest absolute Gasteiger partial charge is 0.452 e. The van der Waals surface area contributed by atoms with Crippen LogP contribution in [-0.2, 0) is 35.2 Å². The van der Waals surface area contributed by atoms with E-state index in [0.29, 0.717) is 18.4 Å². The van der Waals surface area contributed by atoms with E-state index >= 15 is 0 Å². The third-order valence-electron chi connectivity index (χ3n) is 6.74. The number of phenolic OH excluding ortho intramolecular Hbond substituents is 1. The number of amides is 5. The Morgan fingerprint density at radius 3 is 1.83 bits per heavy atom. The van der Waals surface area contributed by atoms with Gasteiger partial charge in [0.05, 0.1) is 12.6 Å². The Kier molecular flexibility index (Phi) is 16.1. The van der Waals surface area contributed by atoms with Gasteiger partial charge in [-0.25, -0.2) is 0 Å². The van der Waals surface area contributed by atoms with Crippen LogP contribution in [0.15, 0.2) is 24.3 Å². The highest BCUT2D eigenvalue weighted by Gasteiger charge is 2.42. The number of nitrogens with two attached hydrogens (primary N) is 1. The molecule has 0 aliphatic rings. The Hall–Kier alpha value is -4.25. The number of benzene rings is 1. The fraction of sp³-hybridized carbons (Fsp3) is 0.586. The molecule has 14 nitrogen and oxygen atoms in total. The topological polar surface area (TPSA) is 229 Å². The summed E-state index contributed by atoms with van der Waals surface area (Å²) in [7, 11) is 0. The van der Waals surface area contributed by atoms with E-state index in [1.807, 2.05) is 5.32 Å². The number of unbranched alkanes of at least 4 members (excludes halogenated alkanes) is 1. The van der Waals surface area contributed by atoms with E-state index in [1.54, 1.807) is 13.8 Å². The lowest BCUT2D eigenvalue weighted by atomic mass is 9.99. The van der Waals surface area contributed by atoms with Crippen LogP contribution < -0.4 is 32.3 Å². The maximum atomic E-state index is 13.5. The Labute approximate surface area is 264 Å². The van der Waals surface area contributed by atoms with E-state index in [-0.39, 0.29) is 25.1 Å². The molecular weight excluding hydrogens is 617 g/mol. The molecule has 1 aromatic rings. The van der Waals surface area contributed by atoms with Gasteiger partial charge in [-0.1, -0.05) is 26.0 Å². The van der Waals surface area contributed by atoms with Crippen molar-refractivity contribution in [2.45, 2.75) is 89.8 Å². The summed E-state index contributed by atoms with van der Waals surface area (Å²) in [6, 6.07) is -1.69. The first-order valence-corrected chi connectivity index (χ1v) is 14.6. The number of halogens is 3. The lowest BCUT2D eigenvalue weighted by molar-refractivity contribution is -0.173. The molecule has 46 heavy (non-hydrogen) atoms. The number of ketones is 1. The van der Waals surface area contributed by atoms with Gasteiger partial charge in [0.25, 0.3) is 5.78 Å². The zero-order valence-electron chi connectivity index (χ0n) is 26.1. The summed E-state index contributed by atoms with van der Waals surface area (Å²) in [5.41, 5.74) is 5.99. The molecule has 0 aromatic heterocycles. The van der Waals surface area contributed by atoms with Crippen molar-refractivity contribution in [1.82, 2.24) is 26.6 Å². The predicted octanol–water partition coefficient (Wildman–Crippen LogP) is -0.693. The number of carbonyl (C=O) groups excluding carboxylic acids is 6. The van der Waals surface area contributed by atoms with E-state index in [1.165, 1.54) is 24.3 Å². The highest BCUT2D eigenvalue weighted by Crippen LogP contribution is 2.18. The number of rotatable bonds is 18. The third-order valence-corrected chi connectivity index (χ3v) is 6.74. The van der Waals surface area contributed by atoms with Gasteiger partial charge in [0.15, 0.2) is 0 Å². The van der Waals surface area contributed by atoms with Crippen molar-refractivity contribution in [1.29, 1.82) is 0 Å². The van der Waals surface area contributed by atoms with Gasteiger partial charge >= 0.3 is 6.18 Å². The lowest BCUT2D eigenvalue weighted by Crippen LogP contribution is -2.60. The van der Waals surface area contributed by atoms with Crippen LogP contribution in [0.3, 0.4) is 0 Å². The van der Waals surface area contributed by atoms with Crippen molar-refractivity contribution in [3.8, 4) is 5.75 Å². The molecule has 0 saturated heterocycles. The zero-order chi connectivity index (χ0) is 35.2. The molecule has 0 radical (unpaired) electrons. The molecule has 0 saturated carbocycles. The fourth-order valence-corrected chi connectivity index (χ4v) is 4.23. The summed E-state index contributed by atoms with van der Waals surface area (Å²) < 4.78 is 38.6. The molecule has 5 amide bonds. The number of aromatic hydroxyl groups is 1. The highest BCUT2D eigenvalue weighted by atomic mass is 19.4.